The van der Waals surface area contributed by atoms with Crippen LogP contribution in [0.5, 0.6) is 0 Å². The van der Waals surface area contributed by atoms with Gasteiger partial charge in [0.25, 0.3) is 0 Å². The lowest BCUT2D eigenvalue weighted by Gasteiger charge is -2.24. The molecule has 1 heterocycles. The second-order valence-corrected chi connectivity index (χ2v) is 7.56. The number of rotatable bonds is 4. The van der Waals surface area contributed by atoms with Crippen LogP contribution in [0.4, 0.5) is 13.2 Å². The van der Waals surface area contributed by atoms with E-state index in [1.54, 1.807) is 7.05 Å². The fraction of sp³-hybridized carbons (Fsp3) is 0.562. The van der Waals surface area contributed by atoms with Gasteiger partial charge in [0.05, 0.1) is 5.56 Å². The van der Waals surface area contributed by atoms with Crippen molar-refractivity contribution in [1.29, 1.82) is 0 Å². The van der Waals surface area contributed by atoms with Gasteiger partial charge in [0.1, 0.15) is 0 Å². The van der Waals surface area contributed by atoms with Gasteiger partial charge in [-0.2, -0.15) is 24.9 Å². The summed E-state index contributed by atoms with van der Waals surface area (Å²) in [6.45, 7) is 3.49. The van der Waals surface area contributed by atoms with Gasteiger partial charge in [0.15, 0.2) is 5.96 Å². The van der Waals surface area contributed by atoms with E-state index in [2.05, 4.69) is 22.5 Å². The smallest absolute Gasteiger partial charge is 0.355 e. The number of benzene rings is 1. The molecule has 1 atom stereocenters. The molecule has 0 spiro atoms. The number of hydrogen-bond acceptors (Lipinski definition) is 2. The summed E-state index contributed by atoms with van der Waals surface area (Å²) in [5.74, 6) is 1.86. The van der Waals surface area contributed by atoms with E-state index in [-0.39, 0.29) is 4.75 Å². The molecule has 0 radical (unpaired) electrons. The molecule has 128 valence electrons. The van der Waals surface area contributed by atoms with Crippen LogP contribution in [-0.2, 0) is 12.7 Å². The van der Waals surface area contributed by atoms with Crippen LogP contribution in [0.3, 0.4) is 0 Å². The quantitative estimate of drug-likeness (QED) is 0.646. The van der Waals surface area contributed by atoms with Crippen molar-refractivity contribution in [1.82, 2.24) is 10.6 Å². The van der Waals surface area contributed by atoms with Crippen LogP contribution in [-0.4, -0.2) is 30.1 Å². The number of nitrogens with one attached hydrogen (secondary N) is 2. The van der Waals surface area contributed by atoms with E-state index in [1.165, 1.54) is 30.7 Å². The predicted octanol–water partition coefficient (Wildman–Crippen LogP) is 3.66. The lowest BCUT2D eigenvalue weighted by Crippen LogP contribution is -2.43. The molecular weight excluding hydrogens is 323 g/mol. The lowest BCUT2D eigenvalue weighted by atomic mass is 10.1. The Balaban J connectivity index is 1.83. The van der Waals surface area contributed by atoms with E-state index in [0.717, 1.165) is 24.2 Å². The number of halogens is 3. The van der Waals surface area contributed by atoms with Gasteiger partial charge in [-0.3, -0.25) is 4.99 Å². The van der Waals surface area contributed by atoms with E-state index in [4.69, 9.17) is 0 Å². The average molecular weight is 345 g/mol. The van der Waals surface area contributed by atoms with Gasteiger partial charge < -0.3 is 10.6 Å². The first-order chi connectivity index (χ1) is 10.8. The van der Waals surface area contributed by atoms with Crippen LogP contribution >= 0.6 is 11.8 Å². The highest BCUT2D eigenvalue weighted by atomic mass is 32.2. The van der Waals surface area contributed by atoms with E-state index in [9.17, 15) is 13.2 Å². The average Bonchev–Trinajstić information content (AvgIpc) is 2.94. The zero-order chi connectivity index (χ0) is 16.9. The molecule has 0 bridgehead atoms. The van der Waals surface area contributed by atoms with E-state index in [0.29, 0.717) is 12.5 Å². The van der Waals surface area contributed by atoms with Crippen LogP contribution in [0.1, 0.15) is 30.9 Å². The molecule has 3 nitrogen and oxygen atoms in total. The highest BCUT2D eigenvalue weighted by molar-refractivity contribution is 8.00. The maximum absolute atomic E-state index is 12.5. The van der Waals surface area contributed by atoms with Crippen molar-refractivity contribution in [3.63, 3.8) is 0 Å². The molecule has 1 unspecified atom stereocenters. The summed E-state index contributed by atoms with van der Waals surface area (Å²) in [6.07, 6.45) is -1.88. The van der Waals surface area contributed by atoms with Gasteiger partial charge in [-0.1, -0.05) is 12.1 Å². The summed E-state index contributed by atoms with van der Waals surface area (Å²) in [7, 11) is 1.69. The third kappa shape index (κ3) is 5.34. The fourth-order valence-corrected chi connectivity index (χ4v) is 3.71. The Kier molecular flexibility index (Phi) is 5.84. The molecule has 0 amide bonds. The summed E-state index contributed by atoms with van der Waals surface area (Å²) in [4.78, 5) is 4.16. The number of hydrogen-bond donors (Lipinski definition) is 2. The summed E-state index contributed by atoms with van der Waals surface area (Å²) in [6, 6.07) is 5.17. The van der Waals surface area contributed by atoms with Gasteiger partial charge in [0, 0.05) is 24.9 Å². The molecule has 0 saturated carbocycles. The van der Waals surface area contributed by atoms with Crippen molar-refractivity contribution >= 4 is 17.7 Å². The third-order valence-electron chi connectivity index (χ3n) is 3.90. The molecule has 1 aliphatic rings. The van der Waals surface area contributed by atoms with Gasteiger partial charge in [-0.25, -0.2) is 0 Å². The molecule has 2 N–H and O–H groups in total. The first kappa shape index (κ1) is 18.0. The fourth-order valence-electron chi connectivity index (χ4n) is 2.46. The molecule has 0 aliphatic carbocycles. The molecule has 23 heavy (non-hydrogen) atoms. The molecule has 1 fully saturated rings. The number of alkyl halides is 3. The topological polar surface area (TPSA) is 36.4 Å². The van der Waals surface area contributed by atoms with E-state index < -0.39 is 11.7 Å². The van der Waals surface area contributed by atoms with Crippen LogP contribution in [0.15, 0.2) is 29.3 Å². The Bertz CT molecular complexity index is 534. The van der Waals surface area contributed by atoms with Crippen LogP contribution in [0, 0.1) is 0 Å². The SMILES string of the molecule is CN=C(NCc1ccc(C(F)(F)F)cc1)NCC1(C)CCCS1. The summed E-state index contributed by atoms with van der Waals surface area (Å²) in [5, 5.41) is 6.43. The Hall–Kier alpha value is -1.37. The maximum atomic E-state index is 12.5. The minimum Gasteiger partial charge on any atom is -0.355 e. The van der Waals surface area contributed by atoms with Crippen molar-refractivity contribution in [2.75, 3.05) is 19.3 Å². The molecule has 7 heteroatoms. The summed E-state index contributed by atoms with van der Waals surface area (Å²) in [5.41, 5.74) is 0.150. The zero-order valence-electron chi connectivity index (χ0n) is 13.3. The number of thioether (sulfide) groups is 1. The van der Waals surface area contributed by atoms with Crippen molar-refractivity contribution in [3.8, 4) is 0 Å². The Labute approximate surface area is 139 Å². The maximum Gasteiger partial charge on any atom is 0.416 e. The van der Waals surface area contributed by atoms with Crippen molar-refractivity contribution in [2.24, 2.45) is 4.99 Å². The predicted molar refractivity (Wildman–Crippen MR) is 89.7 cm³/mol. The van der Waals surface area contributed by atoms with Crippen LogP contribution in [0.25, 0.3) is 0 Å². The number of aliphatic imine (C=N–C) groups is 1. The largest absolute Gasteiger partial charge is 0.416 e. The zero-order valence-corrected chi connectivity index (χ0v) is 14.2. The van der Waals surface area contributed by atoms with Gasteiger partial charge in [-0.15, -0.1) is 0 Å². The minimum absolute atomic E-state index is 0.228. The molecule has 0 aromatic heterocycles. The van der Waals surface area contributed by atoms with Crippen molar-refractivity contribution < 1.29 is 13.2 Å². The van der Waals surface area contributed by atoms with Crippen molar-refractivity contribution in [3.05, 3.63) is 35.4 Å². The Morgan fingerprint density at radius 1 is 1.26 bits per heavy atom. The molecule has 2 rings (SSSR count). The Morgan fingerprint density at radius 3 is 2.48 bits per heavy atom. The second kappa shape index (κ2) is 7.47. The minimum atomic E-state index is -4.29. The summed E-state index contributed by atoms with van der Waals surface area (Å²) >= 11 is 1.96. The third-order valence-corrected chi connectivity index (χ3v) is 5.43. The van der Waals surface area contributed by atoms with Gasteiger partial charge in [0.2, 0.25) is 0 Å². The van der Waals surface area contributed by atoms with E-state index in [1.807, 2.05) is 11.8 Å². The van der Waals surface area contributed by atoms with Crippen molar-refractivity contribution in [2.45, 2.75) is 37.2 Å². The van der Waals surface area contributed by atoms with Crippen LogP contribution < -0.4 is 10.6 Å². The lowest BCUT2D eigenvalue weighted by molar-refractivity contribution is -0.137. The monoisotopic (exact) mass is 345 g/mol. The highest BCUT2D eigenvalue weighted by Gasteiger charge is 2.30. The number of nitrogens with zero attached hydrogens (tertiary/aromatic N) is 1. The summed E-state index contributed by atoms with van der Waals surface area (Å²) < 4.78 is 37.8. The standard InChI is InChI=1S/C16H22F3N3S/c1-15(8-3-9-23-15)11-22-14(20-2)21-10-12-4-6-13(7-5-12)16(17,18)19/h4-7H,3,8-11H2,1-2H3,(H2,20,21,22). The normalized spacial score (nSPS) is 22.2. The van der Waals surface area contributed by atoms with Crippen LogP contribution in [0.2, 0.25) is 0 Å². The molecule has 1 aromatic rings. The first-order valence-corrected chi connectivity index (χ1v) is 8.56. The molecule has 1 aliphatic heterocycles. The second-order valence-electron chi connectivity index (χ2n) is 5.88. The number of guanidine groups is 1. The van der Waals surface area contributed by atoms with Gasteiger partial charge in [-0.05, 0) is 43.2 Å². The molecular formula is C16H22F3N3S. The van der Waals surface area contributed by atoms with E-state index >= 15 is 0 Å². The Morgan fingerprint density at radius 2 is 1.96 bits per heavy atom. The molecule has 1 saturated heterocycles. The first-order valence-electron chi connectivity index (χ1n) is 7.57. The molecule has 1 aromatic carbocycles. The van der Waals surface area contributed by atoms with Gasteiger partial charge >= 0.3 is 6.18 Å². The highest BCUT2D eigenvalue weighted by Crippen LogP contribution is 2.36.